The molecule has 2 atom stereocenters. The Kier molecular flexibility index (Phi) is 36.4. The quantitative estimate of drug-likeness (QED) is 0.0393. The van der Waals surface area contributed by atoms with Crippen molar-refractivity contribution in [2.45, 2.75) is 155 Å². The van der Waals surface area contributed by atoms with Gasteiger partial charge in [-0.25, -0.2) is 0 Å². The molecule has 0 aliphatic carbocycles. The summed E-state index contributed by atoms with van der Waals surface area (Å²) in [5, 5.41) is 0. The monoisotopic (exact) mass is 687 g/mol. The van der Waals surface area contributed by atoms with Crippen molar-refractivity contribution in [3.63, 3.8) is 0 Å². The third kappa shape index (κ3) is 35.1. The van der Waals surface area contributed by atoms with E-state index in [1.165, 1.54) is 128 Å². The van der Waals surface area contributed by atoms with Crippen LogP contribution in [-0.4, -0.2) is 70.1 Å². The van der Waals surface area contributed by atoms with Crippen LogP contribution in [-0.2, 0) is 23.5 Å². The van der Waals surface area contributed by atoms with Gasteiger partial charge < -0.3 is 23.8 Å². The zero-order chi connectivity index (χ0) is 34.5. The maximum absolute atomic E-state index is 13.5. The summed E-state index contributed by atoms with van der Waals surface area (Å²) in [7, 11) is -3.45. The van der Waals surface area contributed by atoms with Gasteiger partial charge in [-0.15, -0.1) is 13.2 Å². The Balaban J connectivity index is 4.39. The van der Waals surface area contributed by atoms with Crippen LogP contribution in [0.2, 0.25) is 0 Å². The second-order valence-electron chi connectivity index (χ2n) is 13.8. The summed E-state index contributed by atoms with van der Waals surface area (Å²) in [5.41, 5.74) is 0. The third-order valence-corrected chi connectivity index (χ3v) is 10.9. The Hall–Kier alpha value is -0.490. The lowest BCUT2D eigenvalue weighted by Gasteiger charge is -2.24. The number of rotatable bonds is 40. The predicted octanol–water partition coefficient (Wildman–Crippen LogP) is 11.5. The van der Waals surface area contributed by atoms with E-state index in [4.69, 9.17) is 18.9 Å². The number of hydrogen-bond acceptors (Lipinski definition) is 5. The zero-order valence-electron chi connectivity index (χ0n) is 31.3. The largest absolute Gasteiger partial charge is 0.381 e. The van der Waals surface area contributed by atoms with E-state index >= 15 is 0 Å². The molecule has 1 N–H and O–H groups in total. The van der Waals surface area contributed by atoms with Crippen LogP contribution < -0.4 is 0 Å². The Morgan fingerprint density at radius 1 is 0.489 bits per heavy atom. The lowest BCUT2D eigenvalue weighted by molar-refractivity contribution is 0.0505. The van der Waals surface area contributed by atoms with Crippen molar-refractivity contribution >= 4 is 7.37 Å². The van der Waals surface area contributed by atoms with Crippen molar-refractivity contribution in [1.29, 1.82) is 0 Å². The number of hydrogen-bond donors (Lipinski definition) is 1. The van der Waals surface area contributed by atoms with Crippen LogP contribution in [0, 0.1) is 11.8 Å². The highest BCUT2D eigenvalue weighted by atomic mass is 31.2. The van der Waals surface area contributed by atoms with E-state index in [-0.39, 0.29) is 24.2 Å². The third-order valence-electron chi connectivity index (χ3n) is 8.76. The van der Waals surface area contributed by atoms with E-state index < -0.39 is 7.37 Å². The van der Waals surface area contributed by atoms with Gasteiger partial charge in [0, 0.05) is 37.4 Å². The summed E-state index contributed by atoms with van der Waals surface area (Å²) in [5.74, 6) is -0.268. The number of unbranched alkanes of at least 4 members (excludes halogenated alkanes) is 20. The van der Waals surface area contributed by atoms with Gasteiger partial charge in [0.1, 0.15) is 0 Å². The minimum Gasteiger partial charge on any atom is -0.381 e. The van der Waals surface area contributed by atoms with Crippen molar-refractivity contribution in [3.05, 3.63) is 25.3 Å². The molecular formula is C40H79O6P. The smallest absolute Gasteiger partial charge is 0.201 e. The van der Waals surface area contributed by atoms with Crippen LogP contribution in [0.5, 0.6) is 0 Å². The van der Waals surface area contributed by atoms with Crippen molar-refractivity contribution in [2.24, 2.45) is 11.8 Å². The average Bonchev–Trinajstić information content (AvgIpc) is 3.05. The molecule has 0 amide bonds. The van der Waals surface area contributed by atoms with Gasteiger partial charge in [0.25, 0.3) is 0 Å². The highest BCUT2D eigenvalue weighted by molar-refractivity contribution is 7.58. The standard InChI is InChI=1S/C40H79O6P/c1-5-9-11-13-15-17-19-21-23-25-27-31-45-35-39(33-43-29-7-3)37-47(41,42)38-40(34-44-30-8-4)36-46-32-28-26-24-22-20-18-16-14-12-10-6-2/h7-8,39-40H,3-6,9-38H2,1-2H3,(H,41,42). The van der Waals surface area contributed by atoms with E-state index in [0.29, 0.717) is 52.9 Å². The molecule has 0 bridgehead atoms. The zero-order valence-corrected chi connectivity index (χ0v) is 32.2. The van der Waals surface area contributed by atoms with Crippen LogP contribution in [0.4, 0.5) is 0 Å². The summed E-state index contributed by atoms with van der Waals surface area (Å²) in [4.78, 5) is 11.1. The SMILES string of the molecule is C=CCOCC(COCCCCCCCCCCCCC)CP(=O)(O)CC(COCC=C)COCCCCCCCCCCCCC. The van der Waals surface area contributed by atoms with Crippen molar-refractivity contribution < 1.29 is 28.4 Å². The first kappa shape index (κ1) is 46.5. The van der Waals surface area contributed by atoms with Gasteiger partial charge in [-0.2, -0.15) is 0 Å². The van der Waals surface area contributed by atoms with E-state index in [2.05, 4.69) is 27.0 Å². The van der Waals surface area contributed by atoms with Crippen LogP contribution in [0.15, 0.2) is 25.3 Å². The maximum Gasteiger partial charge on any atom is 0.201 e. The van der Waals surface area contributed by atoms with Crippen molar-refractivity contribution in [3.8, 4) is 0 Å². The topological polar surface area (TPSA) is 74.2 Å². The molecule has 0 spiro atoms. The minimum atomic E-state index is -3.45. The Bertz CT molecular complexity index is 648. The highest BCUT2D eigenvalue weighted by Gasteiger charge is 2.29. The lowest BCUT2D eigenvalue weighted by atomic mass is 10.1. The highest BCUT2D eigenvalue weighted by Crippen LogP contribution is 2.44. The summed E-state index contributed by atoms with van der Waals surface area (Å²) in [6.45, 7) is 15.9. The Morgan fingerprint density at radius 2 is 0.766 bits per heavy atom. The summed E-state index contributed by atoms with van der Waals surface area (Å²) < 4.78 is 36.9. The van der Waals surface area contributed by atoms with E-state index in [9.17, 15) is 9.46 Å². The molecule has 7 heteroatoms. The van der Waals surface area contributed by atoms with Crippen LogP contribution in [0.1, 0.15) is 155 Å². The first-order chi connectivity index (χ1) is 23.0. The van der Waals surface area contributed by atoms with Gasteiger partial charge in [0.05, 0.1) is 39.6 Å². The van der Waals surface area contributed by atoms with E-state index in [0.717, 1.165) is 12.8 Å². The van der Waals surface area contributed by atoms with Crippen LogP contribution in [0.25, 0.3) is 0 Å². The fraction of sp³-hybridized carbons (Fsp3) is 0.900. The molecule has 0 heterocycles. The molecule has 6 nitrogen and oxygen atoms in total. The minimum absolute atomic E-state index is 0.134. The average molecular weight is 687 g/mol. The Labute approximate surface area is 292 Å². The summed E-state index contributed by atoms with van der Waals surface area (Å²) in [6.07, 6.45) is 32.4. The van der Waals surface area contributed by atoms with Gasteiger partial charge in [0.2, 0.25) is 7.37 Å². The first-order valence-corrected chi connectivity index (χ1v) is 21.9. The molecule has 0 aromatic rings. The first-order valence-electron chi connectivity index (χ1n) is 19.8. The lowest BCUT2D eigenvalue weighted by Crippen LogP contribution is -2.25. The second-order valence-corrected chi connectivity index (χ2v) is 16.2. The molecule has 0 aromatic heterocycles. The molecule has 0 fully saturated rings. The molecule has 280 valence electrons. The van der Waals surface area contributed by atoms with Crippen LogP contribution >= 0.6 is 7.37 Å². The molecule has 0 radical (unpaired) electrons. The maximum atomic E-state index is 13.5. The normalized spacial score (nSPS) is 14.2. The molecule has 2 unspecified atom stereocenters. The predicted molar refractivity (Wildman–Crippen MR) is 203 cm³/mol. The van der Waals surface area contributed by atoms with Crippen molar-refractivity contribution in [2.75, 3.05) is 65.2 Å². The van der Waals surface area contributed by atoms with Gasteiger partial charge in [0.15, 0.2) is 0 Å². The van der Waals surface area contributed by atoms with Gasteiger partial charge >= 0.3 is 0 Å². The molecule has 47 heavy (non-hydrogen) atoms. The van der Waals surface area contributed by atoms with Gasteiger partial charge in [-0.1, -0.05) is 154 Å². The summed E-state index contributed by atoms with van der Waals surface area (Å²) >= 11 is 0. The fourth-order valence-corrected chi connectivity index (χ4v) is 8.25. The van der Waals surface area contributed by atoms with Gasteiger partial charge in [-0.3, -0.25) is 4.57 Å². The molecule has 0 saturated heterocycles. The van der Waals surface area contributed by atoms with Crippen molar-refractivity contribution in [1.82, 2.24) is 0 Å². The second kappa shape index (κ2) is 36.8. The van der Waals surface area contributed by atoms with E-state index in [1.54, 1.807) is 12.2 Å². The molecule has 0 aromatic carbocycles. The molecule has 0 saturated carbocycles. The molecule has 0 aliphatic heterocycles. The van der Waals surface area contributed by atoms with Crippen LogP contribution in [0.3, 0.4) is 0 Å². The fourth-order valence-electron chi connectivity index (χ4n) is 6.06. The molecule has 0 rings (SSSR count). The summed E-state index contributed by atoms with van der Waals surface area (Å²) in [6, 6.07) is 0. The molecule has 0 aliphatic rings. The molecular weight excluding hydrogens is 607 g/mol. The van der Waals surface area contributed by atoms with E-state index in [1.807, 2.05) is 0 Å². The number of ether oxygens (including phenoxy) is 4. The Morgan fingerprint density at radius 3 is 1.06 bits per heavy atom. The van der Waals surface area contributed by atoms with Gasteiger partial charge in [-0.05, 0) is 12.8 Å².